The number of nitrogens with zero attached hydrogens (tertiary/aromatic N) is 1. The zero-order valence-corrected chi connectivity index (χ0v) is 17.1. The van der Waals surface area contributed by atoms with Gasteiger partial charge >= 0.3 is 0 Å². The van der Waals surface area contributed by atoms with Gasteiger partial charge in [-0.05, 0) is 55.7 Å². The molecule has 140 valence electrons. The van der Waals surface area contributed by atoms with Gasteiger partial charge in [0.25, 0.3) is 0 Å². The van der Waals surface area contributed by atoms with E-state index in [4.69, 9.17) is 0 Å². The number of halogens is 1. The smallest absolute Gasteiger partial charge is 0.227 e. The number of nitrogens with one attached hydrogen (secondary N) is 1. The van der Waals surface area contributed by atoms with E-state index in [0.717, 1.165) is 52.3 Å². The molecule has 1 amide bonds. The lowest BCUT2D eigenvalue weighted by Gasteiger charge is -2.25. The average Bonchev–Trinajstić information content (AvgIpc) is 2.74. The third-order valence-electron chi connectivity index (χ3n) is 5.20. The fourth-order valence-electron chi connectivity index (χ4n) is 3.72. The SMILES string of the molecule is O=C(Nc1cccc2cccnc12)[C@@H]1CCC[C@H](C#Cc2ccc(Br)cc2)C1. The quantitative estimate of drug-likeness (QED) is 0.520. The standard InChI is InChI=1S/C24H21BrN2O/c25-21-13-11-17(12-14-21)9-10-18-4-1-6-20(16-18)24(28)27-22-8-2-5-19-7-3-15-26-23(19)22/h2-3,5,7-8,11-15,18,20H,1,4,6,16H2,(H,27,28)/t18-,20-/m1/s1. The molecule has 1 aliphatic rings. The minimum atomic E-state index is -0.00284. The Labute approximate surface area is 173 Å². The van der Waals surface area contributed by atoms with Crippen molar-refractivity contribution in [2.75, 3.05) is 5.32 Å². The second-order valence-electron chi connectivity index (χ2n) is 7.21. The number of para-hydroxylation sites is 1. The van der Waals surface area contributed by atoms with E-state index in [1.165, 1.54) is 0 Å². The molecule has 3 nitrogen and oxygen atoms in total. The summed E-state index contributed by atoms with van der Waals surface area (Å²) in [4.78, 5) is 17.3. The summed E-state index contributed by atoms with van der Waals surface area (Å²) in [7, 11) is 0. The zero-order chi connectivity index (χ0) is 19.3. The summed E-state index contributed by atoms with van der Waals surface area (Å²) in [6.07, 6.45) is 5.58. The Bertz CT molecular complexity index is 1040. The number of carbonyl (C=O) groups is 1. The number of hydrogen-bond donors (Lipinski definition) is 1. The second-order valence-corrected chi connectivity index (χ2v) is 8.12. The number of aromatic nitrogens is 1. The highest BCUT2D eigenvalue weighted by Gasteiger charge is 2.26. The highest BCUT2D eigenvalue weighted by Crippen LogP contribution is 2.30. The largest absolute Gasteiger partial charge is 0.324 e. The van der Waals surface area contributed by atoms with Gasteiger partial charge in [0, 0.05) is 33.5 Å². The van der Waals surface area contributed by atoms with Gasteiger partial charge in [-0.3, -0.25) is 9.78 Å². The van der Waals surface area contributed by atoms with E-state index in [-0.39, 0.29) is 17.7 Å². The molecule has 2 atom stereocenters. The Hall–Kier alpha value is -2.64. The van der Waals surface area contributed by atoms with Crippen LogP contribution in [0.5, 0.6) is 0 Å². The third-order valence-corrected chi connectivity index (χ3v) is 5.73. The maximum absolute atomic E-state index is 12.9. The van der Waals surface area contributed by atoms with E-state index in [1.807, 2.05) is 54.6 Å². The molecule has 0 saturated heterocycles. The van der Waals surface area contributed by atoms with Crippen LogP contribution < -0.4 is 5.32 Å². The molecule has 28 heavy (non-hydrogen) atoms. The first kappa shape index (κ1) is 18.7. The first-order valence-corrected chi connectivity index (χ1v) is 10.4. The number of benzene rings is 2. The number of rotatable bonds is 2. The van der Waals surface area contributed by atoms with Gasteiger partial charge in [0.15, 0.2) is 0 Å². The molecular weight excluding hydrogens is 412 g/mol. The van der Waals surface area contributed by atoms with E-state index in [0.29, 0.717) is 0 Å². The number of hydrogen-bond acceptors (Lipinski definition) is 2. The molecule has 4 rings (SSSR count). The number of amides is 1. The second kappa shape index (κ2) is 8.58. The Morgan fingerprint density at radius 3 is 2.75 bits per heavy atom. The fourth-order valence-corrected chi connectivity index (χ4v) is 3.98. The normalized spacial score (nSPS) is 18.9. The highest BCUT2D eigenvalue weighted by atomic mass is 79.9. The van der Waals surface area contributed by atoms with E-state index < -0.39 is 0 Å². The van der Waals surface area contributed by atoms with Crippen LogP contribution in [0.15, 0.2) is 65.3 Å². The molecule has 3 aromatic rings. The Balaban J connectivity index is 1.44. The minimum Gasteiger partial charge on any atom is -0.324 e. The van der Waals surface area contributed by atoms with Crippen molar-refractivity contribution in [1.29, 1.82) is 0 Å². The summed E-state index contributed by atoms with van der Waals surface area (Å²) in [5, 5.41) is 4.13. The predicted octanol–water partition coefficient (Wildman–Crippen LogP) is 5.79. The number of fused-ring (bicyclic) bond motifs is 1. The van der Waals surface area contributed by atoms with Crippen LogP contribution in [-0.4, -0.2) is 10.9 Å². The van der Waals surface area contributed by atoms with Crippen molar-refractivity contribution < 1.29 is 4.79 Å². The molecule has 1 fully saturated rings. The summed E-state index contributed by atoms with van der Waals surface area (Å²) in [6, 6.07) is 17.8. The van der Waals surface area contributed by atoms with Crippen LogP contribution in [0.25, 0.3) is 10.9 Å². The fraction of sp³-hybridized carbons (Fsp3) is 0.250. The molecule has 2 aromatic carbocycles. The summed E-state index contributed by atoms with van der Waals surface area (Å²) < 4.78 is 1.05. The van der Waals surface area contributed by atoms with Gasteiger partial charge in [-0.1, -0.05) is 52.4 Å². The van der Waals surface area contributed by atoms with Crippen LogP contribution in [0.4, 0.5) is 5.69 Å². The topological polar surface area (TPSA) is 42.0 Å². The Morgan fingerprint density at radius 2 is 1.89 bits per heavy atom. The predicted molar refractivity (Wildman–Crippen MR) is 117 cm³/mol. The molecule has 0 aliphatic heterocycles. The summed E-state index contributed by atoms with van der Waals surface area (Å²) in [5.74, 6) is 6.98. The van der Waals surface area contributed by atoms with Gasteiger partial charge in [-0.2, -0.15) is 0 Å². The zero-order valence-electron chi connectivity index (χ0n) is 15.5. The van der Waals surface area contributed by atoms with Gasteiger partial charge in [0.2, 0.25) is 5.91 Å². The van der Waals surface area contributed by atoms with E-state index in [1.54, 1.807) is 6.20 Å². The van der Waals surface area contributed by atoms with Crippen LogP contribution in [0, 0.1) is 23.7 Å². The van der Waals surface area contributed by atoms with Crippen molar-refractivity contribution in [3.8, 4) is 11.8 Å². The molecule has 0 unspecified atom stereocenters. The van der Waals surface area contributed by atoms with Gasteiger partial charge in [0.1, 0.15) is 0 Å². The van der Waals surface area contributed by atoms with Gasteiger partial charge in [-0.15, -0.1) is 0 Å². The lowest BCUT2D eigenvalue weighted by Crippen LogP contribution is -2.27. The molecule has 1 aliphatic carbocycles. The maximum atomic E-state index is 12.9. The monoisotopic (exact) mass is 432 g/mol. The van der Waals surface area contributed by atoms with Crippen LogP contribution >= 0.6 is 15.9 Å². The number of anilines is 1. The molecule has 4 heteroatoms. The Kier molecular flexibility index (Phi) is 5.73. The lowest BCUT2D eigenvalue weighted by atomic mass is 9.81. The van der Waals surface area contributed by atoms with Crippen LogP contribution in [-0.2, 0) is 4.79 Å². The minimum absolute atomic E-state index is 0.00284. The molecule has 1 saturated carbocycles. The van der Waals surface area contributed by atoms with Crippen LogP contribution in [0.3, 0.4) is 0 Å². The van der Waals surface area contributed by atoms with Crippen LogP contribution in [0.1, 0.15) is 31.2 Å². The van der Waals surface area contributed by atoms with Gasteiger partial charge in [0.05, 0.1) is 11.2 Å². The van der Waals surface area contributed by atoms with Crippen molar-refractivity contribution in [2.24, 2.45) is 11.8 Å². The molecular formula is C24H21BrN2O. The average molecular weight is 433 g/mol. The van der Waals surface area contributed by atoms with Crippen molar-refractivity contribution in [2.45, 2.75) is 25.7 Å². The van der Waals surface area contributed by atoms with Gasteiger partial charge < -0.3 is 5.32 Å². The van der Waals surface area contributed by atoms with E-state index >= 15 is 0 Å². The first-order valence-electron chi connectivity index (χ1n) is 9.61. The maximum Gasteiger partial charge on any atom is 0.227 e. The van der Waals surface area contributed by atoms with Crippen molar-refractivity contribution in [1.82, 2.24) is 4.98 Å². The summed E-state index contributed by atoms with van der Waals surface area (Å²) >= 11 is 3.44. The van der Waals surface area contributed by atoms with Crippen molar-refractivity contribution >= 4 is 38.4 Å². The molecule has 1 heterocycles. The molecule has 1 aromatic heterocycles. The molecule has 1 N–H and O–H groups in total. The summed E-state index contributed by atoms with van der Waals surface area (Å²) in [5.41, 5.74) is 2.63. The number of pyridine rings is 1. The van der Waals surface area contributed by atoms with Crippen molar-refractivity contribution in [3.63, 3.8) is 0 Å². The molecule has 0 radical (unpaired) electrons. The summed E-state index contributed by atoms with van der Waals surface area (Å²) in [6.45, 7) is 0. The third kappa shape index (κ3) is 4.43. The van der Waals surface area contributed by atoms with Crippen molar-refractivity contribution in [3.05, 3.63) is 70.8 Å². The van der Waals surface area contributed by atoms with E-state index in [2.05, 4.69) is 38.1 Å². The number of carbonyl (C=O) groups excluding carboxylic acids is 1. The first-order chi connectivity index (χ1) is 13.7. The molecule has 0 bridgehead atoms. The van der Waals surface area contributed by atoms with Crippen LogP contribution in [0.2, 0.25) is 0 Å². The highest BCUT2D eigenvalue weighted by molar-refractivity contribution is 9.10. The van der Waals surface area contributed by atoms with E-state index in [9.17, 15) is 4.79 Å². The lowest BCUT2D eigenvalue weighted by molar-refractivity contribution is -0.121. The Morgan fingerprint density at radius 1 is 1.07 bits per heavy atom. The molecule has 0 spiro atoms. The van der Waals surface area contributed by atoms with Gasteiger partial charge in [-0.25, -0.2) is 0 Å².